The minimum Gasteiger partial charge on any atom is -0.461 e. The van der Waals surface area contributed by atoms with Gasteiger partial charge in [0.05, 0.1) is 18.9 Å². The first-order valence-corrected chi connectivity index (χ1v) is 7.43. The molecule has 1 rings (SSSR count). The molecule has 0 radical (unpaired) electrons. The quantitative estimate of drug-likeness (QED) is 0.726. The van der Waals surface area contributed by atoms with Crippen LogP contribution in [0.1, 0.15) is 58.8 Å². The first-order valence-electron chi connectivity index (χ1n) is 7.43. The minimum atomic E-state index is -0.355. The van der Waals surface area contributed by atoms with Gasteiger partial charge in [0.1, 0.15) is 6.10 Å². The third-order valence-electron chi connectivity index (χ3n) is 3.66. The van der Waals surface area contributed by atoms with Crippen LogP contribution in [-0.4, -0.2) is 24.0 Å². The maximum Gasteiger partial charge on any atom is 0.308 e. The van der Waals surface area contributed by atoms with Crippen LogP contribution in [0.25, 0.3) is 0 Å². The molecule has 5 heteroatoms. The lowest BCUT2D eigenvalue weighted by Crippen LogP contribution is -2.38. The van der Waals surface area contributed by atoms with Crippen molar-refractivity contribution in [1.82, 2.24) is 5.32 Å². The Bertz CT molecular complexity index is 370. The molecule has 0 aromatic heterocycles. The van der Waals surface area contributed by atoms with Gasteiger partial charge in [0, 0.05) is 12.0 Å². The van der Waals surface area contributed by atoms with Crippen molar-refractivity contribution in [2.45, 2.75) is 70.9 Å². The summed E-state index contributed by atoms with van der Waals surface area (Å²) in [4.78, 5) is 23.6. The number of rotatable bonds is 7. The number of carbonyl (C=O) groups is 2. The average molecular weight is 280 g/mol. The van der Waals surface area contributed by atoms with E-state index in [0.29, 0.717) is 6.42 Å². The van der Waals surface area contributed by atoms with Crippen molar-refractivity contribution in [2.75, 3.05) is 0 Å². The molecule has 0 saturated heterocycles. The fourth-order valence-electron chi connectivity index (χ4n) is 2.45. The number of carbonyl (C=O) groups excluding carboxylic acids is 2. The van der Waals surface area contributed by atoms with Crippen LogP contribution in [0.15, 0.2) is 0 Å². The van der Waals surface area contributed by atoms with Gasteiger partial charge in [0.25, 0.3) is 0 Å². The maximum absolute atomic E-state index is 11.9. The lowest BCUT2D eigenvalue weighted by Gasteiger charge is -2.18. The van der Waals surface area contributed by atoms with Gasteiger partial charge in [0.2, 0.25) is 5.91 Å². The van der Waals surface area contributed by atoms with E-state index >= 15 is 0 Å². The van der Waals surface area contributed by atoms with E-state index in [9.17, 15) is 9.59 Å². The zero-order valence-corrected chi connectivity index (χ0v) is 12.4. The Hall–Kier alpha value is -1.57. The fraction of sp³-hybridized carbons (Fsp3) is 0.800. The maximum atomic E-state index is 11.9. The second kappa shape index (κ2) is 8.57. The number of hydrogen-bond acceptors (Lipinski definition) is 4. The normalized spacial score (nSPS) is 18.1. The van der Waals surface area contributed by atoms with Gasteiger partial charge >= 0.3 is 5.97 Å². The van der Waals surface area contributed by atoms with Gasteiger partial charge in [-0.05, 0) is 26.2 Å². The van der Waals surface area contributed by atoms with E-state index in [4.69, 9.17) is 10.00 Å². The molecule has 1 N–H and O–H groups in total. The molecular weight excluding hydrogens is 256 g/mol. The fourth-order valence-corrected chi connectivity index (χ4v) is 2.45. The van der Waals surface area contributed by atoms with Crippen LogP contribution < -0.4 is 5.32 Å². The summed E-state index contributed by atoms with van der Waals surface area (Å²) in [6.45, 7) is 3.68. The number of nitriles is 1. The predicted molar refractivity (Wildman–Crippen MR) is 74.6 cm³/mol. The Morgan fingerprint density at radius 3 is 2.60 bits per heavy atom. The Morgan fingerprint density at radius 2 is 2.05 bits per heavy atom. The number of hydrogen-bond donors (Lipinski definition) is 1. The van der Waals surface area contributed by atoms with Crippen LogP contribution in [0.2, 0.25) is 0 Å². The molecular formula is C15H24N2O3. The second-order valence-corrected chi connectivity index (χ2v) is 5.48. The summed E-state index contributed by atoms with van der Waals surface area (Å²) in [6, 6.07) is 1.77. The molecule has 1 fully saturated rings. The van der Waals surface area contributed by atoms with Gasteiger partial charge in [-0.2, -0.15) is 5.26 Å². The monoisotopic (exact) mass is 280 g/mol. The van der Waals surface area contributed by atoms with Gasteiger partial charge in [-0.1, -0.05) is 19.8 Å². The molecule has 0 aromatic carbocycles. The minimum absolute atomic E-state index is 0.0480. The standard InChI is InChI=1S/C15H24N2O3/c1-3-13(8-9-16)20-14(18)10-11(2)17-15(19)12-6-4-5-7-12/h11-13H,3-8,10H2,1-2H3,(H,17,19)/t11-,13+/m1/s1. The van der Waals surface area contributed by atoms with Crippen molar-refractivity contribution in [3.05, 3.63) is 0 Å². The number of ether oxygens (including phenoxy) is 1. The van der Waals surface area contributed by atoms with Crippen molar-refractivity contribution in [3.8, 4) is 6.07 Å². The van der Waals surface area contributed by atoms with Crippen LogP contribution in [-0.2, 0) is 14.3 Å². The molecule has 0 heterocycles. The van der Waals surface area contributed by atoms with Gasteiger partial charge < -0.3 is 10.1 Å². The van der Waals surface area contributed by atoms with E-state index in [1.165, 1.54) is 0 Å². The van der Waals surface area contributed by atoms with E-state index in [0.717, 1.165) is 25.7 Å². The summed E-state index contributed by atoms with van der Waals surface area (Å²) in [6.07, 6.45) is 4.77. The third kappa shape index (κ3) is 5.60. The second-order valence-electron chi connectivity index (χ2n) is 5.48. The third-order valence-corrected chi connectivity index (χ3v) is 3.66. The van der Waals surface area contributed by atoms with Crippen molar-refractivity contribution in [1.29, 1.82) is 5.26 Å². The number of amides is 1. The zero-order valence-electron chi connectivity index (χ0n) is 12.4. The Balaban J connectivity index is 2.30. The van der Waals surface area contributed by atoms with Crippen molar-refractivity contribution >= 4 is 11.9 Å². The molecule has 112 valence electrons. The summed E-state index contributed by atoms with van der Waals surface area (Å²) < 4.78 is 5.21. The van der Waals surface area contributed by atoms with Gasteiger partial charge in [-0.15, -0.1) is 0 Å². The lowest BCUT2D eigenvalue weighted by atomic mass is 10.1. The van der Waals surface area contributed by atoms with Crippen LogP contribution >= 0.6 is 0 Å². The topological polar surface area (TPSA) is 79.2 Å². The summed E-state index contributed by atoms with van der Waals surface area (Å²) in [5.74, 6) is -0.200. The number of esters is 1. The molecule has 0 bridgehead atoms. The molecule has 0 spiro atoms. The molecule has 0 aliphatic heterocycles. The van der Waals surface area contributed by atoms with Crippen LogP contribution in [0.5, 0.6) is 0 Å². The molecule has 1 amide bonds. The molecule has 5 nitrogen and oxygen atoms in total. The van der Waals surface area contributed by atoms with Crippen molar-refractivity contribution < 1.29 is 14.3 Å². The Morgan fingerprint density at radius 1 is 1.40 bits per heavy atom. The Kier molecular flexibility index (Phi) is 7.06. The highest BCUT2D eigenvalue weighted by atomic mass is 16.5. The highest BCUT2D eigenvalue weighted by Gasteiger charge is 2.24. The largest absolute Gasteiger partial charge is 0.461 e. The molecule has 2 atom stereocenters. The summed E-state index contributed by atoms with van der Waals surface area (Å²) >= 11 is 0. The van der Waals surface area contributed by atoms with E-state index < -0.39 is 0 Å². The van der Waals surface area contributed by atoms with E-state index in [1.807, 2.05) is 13.0 Å². The smallest absolute Gasteiger partial charge is 0.308 e. The first kappa shape index (κ1) is 16.5. The van der Waals surface area contributed by atoms with E-state index in [-0.39, 0.29) is 42.8 Å². The average Bonchev–Trinajstić information content (AvgIpc) is 2.91. The molecule has 1 aliphatic carbocycles. The molecule has 20 heavy (non-hydrogen) atoms. The zero-order chi connectivity index (χ0) is 15.0. The van der Waals surface area contributed by atoms with E-state index in [2.05, 4.69) is 5.32 Å². The summed E-state index contributed by atoms with van der Waals surface area (Å²) in [5.41, 5.74) is 0. The van der Waals surface area contributed by atoms with E-state index in [1.54, 1.807) is 6.92 Å². The van der Waals surface area contributed by atoms with Crippen LogP contribution in [0.4, 0.5) is 0 Å². The molecule has 0 aromatic rings. The summed E-state index contributed by atoms with van der Waals surface area (Å²) in [7, 11) is 0. The summed E-state index contributed by atoms with van der Waals surface area (Å²) in [5, 5.41) is 11.5. The van der Waals surface area contributed by atoms with Crippen LogP contribution in [0, 0.1) is 17.2 Å². The SMILES string of the molecule is CC[C@@H](CC#N)OC(=O)C[C@@H](C)NC(=O)C1CCCC1. The highest BCUT2D eigenvalue weighted by Crippen LogP contribution is 2.24. The first-order chi connectivity index (χ1) is 9.56. The number of nitrogens with one attached hydrogen (secondary N) is 1. The molecule has 1 saturated carbocycles. The molecule has 1 aliphatic rings. The van der Waals surface area contributed by atoms with Crippen LogP contribution in [0.3, 0.4) is 0 Å². The van der Waals surface area contributed by atoms with Gasteiger partial charge in [-0.3, -0.25) is 9.59 Å². The number of nitrogens with zero attached hydrogens (tertiary/aromatic N) is 1. The molecule has 0 unspecified atom stereocenters. The predicted octanol–water partition coefficient (Wildman–Crippen LogP) is 2.31. The Labute approximate surface area is 120 Å². The van der Waals surface area contributed by atoms with Crippen molar-refractivity contribution in [3.63, 3.8) is 0 Å². The lowest BCUT2D eigenvalue weighted by molar-refractivity contribution is -0.149. The van der Waals surface area contributed by atoms with Gasteiger partial charge in [-0.25, -0.2) is 0 Å². The van der Waals surface area contributed by atoms with Gasteiger partial charge in [0.15, 0.2) is 0 Å². The van der Waals surface area contributed by atoms with Crippen molar-refractivity contribution in [2.24, 2.45) is 5.92 Å². The highest BCUT2D eigenvalue weighted by molar-refractivity contribution is 5.80.